The van der Waals surface area contributed by atoms with E-state index in [0.717, 1.165) is 37.5 Å². The van der Waals surface area contributed by atoms with Crippen molar-refractivity contribution in [3.63, 3.8) is 0 Å². The lowest BCUT2D eigenvalue weighted by atomic mass is 10.2. The second-order valence-electron chi connectivity index (χ2n) is 4.57. The molecule has 2 N–H and O–H groups in total. The van der Waals surface area contributed by atoms with Gasteiger partial charge in [0.2, 0.25) is 0 Å². The van der Waals surface area contributed by atoms with Crippen molar-refractivity contribution in [3.05, 3.63) is 29.6 Å². The molecule has 0 aromatic heterocycles. The van der Waals surface area contributed by atoms with Crippen molar-refractivity contribution < 1.29 is 22.7 Å². The summed E-state index contributed by atoms with van der Waals surface area (Å²) < 4.78 is 41.1. The van der Waals surface area contributed by atoms with Crippen LogP contribution in [0, 0.1) is 5.82 Å². The van der Waals surface area contributed by atoms with Crippen LogP contribution in [-0.2, 0) is 10.2 Å². The minimum atomic E-state index is -3.85. The first-order chi connectivity index (χ1) is 9.40. The fourth-order valence-electron chi connectivity index (χ4n) is 2.05. The SMILES string of the molecule is O=C(O)c1ccc(F)c(NS(=O)(=O)N2CCCCC2)c1. The lowest BCUT2D eigenvalue weighted by Crippen LogP contribution is -2.39. The minimum Gasteiger partial charge on any atom is -0.478 e. The van der Waals surface area contributed by atoms with Crippen LogP contribution in [0.5, 0.6) is 0 Å². The summed E-state index contributed by atoms with van der Waals surface area (Å²) in [6.45, 7) is 0.769. The summed E-state index contributed by atoms with van der Waals surface area (Å²) in [5, 5.41) is 8.84. The predicted octanol–water partition coefficient (Wildman–Crippen LogP) is 1.67. The van der Waals surface area contributed by atoms with Crippen molar-refractivity contribution in [3.8, 4) is 0 Å². The van der Waals surface area contributed by atoms with Gasteiger partial charge in [-0.2, -0.15) is 12.7 Å². The molecule has 2 rings (SSSR count). The van der Waals surface area contributed by atoms with E-state index in [1.165, 1.54) is 4.31 Å². The zero-order valence-electron chi connectivity index (χ0n) is 10.7. The van der Waals surface area contributed by atoms with Gasteiger partial charge in [-0.25, -0.2) is 9.18 Å². The number of carboxylic acids is 1. The number of benzene rings is 1. The van der Waals surface area contributed by atoms with E-state index in [-0.39, 0.29) is 11.3 Å². The number of aromatic carboxylic acids is 1. The first-order valence-corrected chi connectivity index (χ1v) is 7.65. The molecule has 1 fully saturated rings. The summed E-state index contributed by atoms with van der Waals surface area (Å²) in [4.78, 5) is 10.8. The number of piperidine rings is 1. The van der Waals surface area contributed by atoms with Gasteiger partial charge in [0.25, 0.3) is 0 Å². The lowest BCUT2D eigenvalue weighted by molar-refractivity contribution is 0.0697. The van der Waals surface area contributed by atoms with Gasteiger partial charge in [-0.1, -0.05) is 6.42 Å². The molecule has 0 unspecified atom stereocenters. The smallest absolute Gasteiger partial charge is 0.335 e. The number of rotatable bonds is 4. The Morgan fingerprint density at radius 3 is 2.50 bits per heavy atom. The molecular weight excluding hydrogens is 287 g/mol. The topological polar surface area (TPSA) is 86.7 Å². The number of hydrogen-bond donors (Lipinski definition) is 2. The van der Waals surface area contributed by atoms with Crippen molar-refractivity contribution in [1.82, 2.24) is 4.31 Å². The summed E-state index contributed by atoms with van der Waals surface area (Å²) in [5.41, 5.74) is -0.529. The Kier molecular flexibility index (Phi) is 4.24. The van der Waals surface area contributed by atoms with Crippen LogP contribution in [0.25, 0.3) is 0 Å². The maximum Gasteiger partial charge on any atom is 0.335 e. The van der Waals surface area contributed by atoms with Crippen molar-refractivity contribution in [2.24, 2.45) is 0 Å². The Balaban J connectivity index is 2.24. The monoisotopic (exact) mass is 302 g/mol. The number of anilines is 1. The highest BCUT2D eigenvalue weighted by molar-refractivity contribution is 7.90. The molecule has 0 radical (unpaired) electrons. The predicted molar refractivity (Wildman–Crippen MR) is 71.3 cm³/mol. The van der Waals surface area contributed by atoms with Crippen LogP contribution < -0.4 is 4.72 Å². The summed E-state index contributed by atoms with van der Waals surface area (Å²) >= 11 is 0. The van der Waals surface area contributed by atoms with Crippen LogP contribution in [0.1, 0.15) is 29.6 Å². The summed E-state index contributed by atoms with van der Waals surface area (Å²) in [6.07, 6.45) is 2.49. The van der Waals surface area contributed by atoms with Crippen LogP contribution in [-0.4, -0.2) is 36.9 Å². The molecule has 8 heteroatoms. The Morgan fingerprint density at radius 2 is 1.90 bits per heavy atom. The number of carbonyl (C=O) groups is 1. The van der Waals surface area contributed by atoms with E-state index in [0.29, 0.717) is 13.1 Å². The first-order valence-electron chi connectivity index (χ1n) is 6.21. The first kappa shape index (κ1) is 14.7. The van der Waals surface area contributed by atoms with Gasteiger partial charge < -0.3 is 5.11 Å². The Labute approximate surface area is 116 Å². The number of nitrogens with one attached hydrogen (secondary N) is 1. The quantitative estimate of drug-likeness (QED) is 0.885. The molecule has 0 saturated carbocycles. The Bertz CT molecular complexity index is 612. The molecule has 1 aliphatic rings. The molecule has 0 spiro atoms. The van der Waals surface area contributed by atoms with Gasteiger partial charge in [0.15, 0.2) is 0 Å². The zero-order valence-corrected chi connectivity index (χ0v) is 11.5. The zero-order chi connectivity index (χ0) is 14.8. The van der Waals surface area contributed by atoms with E-state index in [1.807, 2.05) is 0 Å². The highest BCUT2D eigenvalue weighted by Gasteiger charge is 2.25. The second kappa shape index (κ2) is 5.76. The molecule has 1 heterocycles. The largest absolute Gasteiger partial charge is 0.478 e. The molecule has 6 nitrogen and oxygen atoms in total. The van der Waals surface area contributed by atoms with Gasteiger partial charge in [-0.05, 0) is 31.0 Å². The van der Waals surface area contributed by atoms with Gasteiger partial charge in [0.1, 0.15) is 5.82 Å². The third-order valence-corrected chi connectivity index (χ3v) is 4.63. The lowest BCUT2D eigenvalue weighted by Gasteiger charge is -2.26. The standard InChI is InChI=1S/C12H15FN2O4S/c13-10-5-4-9(12(16)17)8-11(10)14-20(18,19)15-6-2-1-3-7-15/h4-5,8,14H,1-3,6-7H2,(H,16,17). The molecule has 20 heavy (non-hydrogen) atoms. The third-order valence-electron chi connectivity index (χ3n) is 3.11. The number of hydrogen-bond acceptors (Lipinski definition) is 3. The van der Waals surface area contributed by atoms with E-state index in [9.17, 15) is 17.6 Å². The second-order valence-corrected chi connectivity index (χ2v) is 6.24. The molecule has 0 aliphatic carbocycles. The van der Waals surface area contributed by atoms with Crippen LogP contribution >= 0.6 is 0 Å². The van der Waals surface area contributed by atoms with Crippen molar-refractivity contribution in [1.29, 1.82) is 0 Å². The van der Waals surface area contributed by atoms with Crippen molar-refractivity contribution in [2.45, 2.75) is 19.3 Å². The average Bonchev–Trinajstić information content (AvgIpc) is 2.42. The van der Waals surface area contributed by atoms with Crippen LogP contribution in [0.2, 0.25) is 0 Å². The maximum atomic E-state index is 13.6. The summed E-state index contributed by atoms with van der Waals surface area (Å²) in [6, 6.07) is 2.98. The Hall–Kier alpha value is -1.67. The van der Waals surface area contributed by atoms with Gasteiger partial charge in [0.05, 0.1) is 11.3 Å². The average molecular weight is 302 g/mol. The van der Waals surface area contributed by atoms with Crippen LogP contribution in [0.15, 0.2) is 18.2 Å². The molecule has 1 aromatic carbocycles. The van der Waals surface area contributed by atoms with Crippen LogP contribution in [0.3, 0.4) is 0 Å². The molecule has 1 saturated heterocycles. The number of carboxylic acid groups (broad SMARTS) is 1. The van der Waals surface area contributed by atoms with E-state index in [1.54, 1.807) is 0 Å². The number of nitrogens with zero attached hydrogens (tertiary/aromatic N) is 1. The highest BCUT2D eigenvalue weighted by Crippen LogP contribution is 2.20. The van der Waals surface area contributed by atoms with Gasteiger partial charge in [-0.15, -0.1) is 0 Å². The van der Waals surface area contributed by atoms with Crippen molar-refractivity contribution >= 4 is 21.9 Å². The summed E-state index contributed by atoms with van der Waals surface area (Å²) in [7, 11) is -3.85. The maximum absolute atomic E-state index is 13.6. The molecule has 0 atom stereocenters. The fraction of sp³-hybridized carbons (Fsp3) is 0.417. The van der Waals surface area contributed by atoms with E-state index >= 15 is 0 Å². The van der Waals surface area contributed by atoms with Gasteiger partial charge >= 0.3 is 16.2 Å². The fourth-order valence-corrected chi connectivity index (χ4v) is 3.35. The third kappa shape index (κ3) is 3.26. The normalized spacial score (nSPS) is 16.9. The van der Waals surface area contributed by atoms with Crippen molar-refractivity contribution in [2.75, 3.05) is 17.8 Å². The van der Waals surface area contributed by atoms with E-state index < -0.39 is 22.0 Å². The highest BCUT2D eigenvalue weighted by atomic mass is 32.2. The molecule has 0 bridgehead atoms. The van der Waals surface area contributed by atoms with Crippen LogP contribution in [0.4, 0.5) is 10.1 Å². The summed E-state index contributed by atoms with van der Waals surface area (Å²) in [5.74, 6) is -2.06. The van der Waals surface area contributed by atoms with Gasteiger partial charge in [0, 0.05) is 13.1 Å². The van der Waals surface area contributed by atoms with E-state index in [4.69, 9.17) is 5.11 Å². The number of halogens is 1. The molecule has 110 valence electrons. The molecule has 1 aliphatic heterocycles. The van der Waals surface area contributed by atoms with Gasteiger partial charge in [-0.3, -0.25) is 4.72 Å². The molecule has 1 aromatic rings. The van der Waals surface area contributed by atoms with E-state index in [2.05, 4.69) is 4.72 Å². The minimum absolute atomic E-state index is 0.178. The molecule has 0 amide bonds. The molecular formula is C12H15FN2O4S. The Morgan fingerprint density at radius 1 is 1.25 bits per heavy atom.